The summed E-state index contributed by atoms with van der Waals surface area (Å²) in [5.41, 5.74) is 0. The van der Waals surface area contributed by atoms with E-state index in [1.54, 1.807) is 6.92 Å². The average molecular weight is 335 g/mol. The monoisotopic (exact) mass is 334 g/mol. The molecule has 0 aromatic rings. The van der Waals surface area contributed by atoms with E-state index in [1.807, 2.05) is 6.92 Å². The van der Waals surface area contributed by atoms with E-state index in [-0.39, 0.29) is 5.97 Å². The van der Waals surface area contributed by atoms with Crippen molar-refractivity contribution in [3.05, 3.63) is 48.6 Å². The third-order valence-corrected chi connectivity index (χ3v) is 3.24. The minimum absolute atomic E-state index is 0.259. The van der Waals surface area contributed by atoms with E-state index in [0.29, 0.717) is 19.6 Å². The number of hydrogen-bond donors (Lipinski definition) is 0. The van der Waals surface area contributed by atoms with Crippen molar-refractivity contribution in [2.45, 2.75) is 65.4 Å². The lowest BCUT2D eigenvalue weighted by Gasteiger charge is -2.13. The molecule has 0 saturated heterocycles. The Morgan fingerprint density at radius 3 is 1.88 bits per heavy atom. The quantitative estimate of drug-likeness (QED) is 0.238. The molecule has 0 aliphatic heterocycles. The molecule has 0 rings (SSSR count). The maximum Gasteiger partial charge on any atom is 0.335 e. The third kappa shape index (κ3) is 14.0. The summed E-state index contributed by atoms with van der Waals surface area (Å²) in [5, 5.41) is 0. The van der Waals surface area contributed by atoms with Crippen LogP contribution in [-0.4, -0.2) is 25.3 Å². The van der Waals surface area contributed by atoms with Crippen LogP contribution in [0, 0.1) is 0 Å². The molecule has 0 saturated carbocycles. The molecule has 0 radical (unpaired) electrons. The standard InChI is InChI=1S/C21H34O3/c1-4-7-8-9-10-11-12-13-14-15-16-17-18-19-24-20(5-2)21(22)23-6-3/h7-8,10-11,13-14,16-17,20H,4-6,9,12,15,18-19H2,1-3H3/b8-7-,11-10-,14-13-,17-16-. The highest BCUT2D eigenvalue weighted by atomic mass is 16.6. The Hall–Kier alpha value is -1.61. The van der Waals surface area contributed by atoms with Crippen LogP contribution in [0.3, 0.4) is 0 Å². The first kappa shape index (κ1) is 22.4. The first-order valence-electron chi connectivity index (χ1n) is 9.14. The number of esters is 1. The lowest BCUT2D eigenvalue weighted by Crippen LogP contribution is -2.26. The zero-order valence-electron chi connectivity index (χ0n) is 15.6. The van der Waals surface area contributed by atoms with Crippen LogP contribution in [0.4, 0.5) is 0 Å². The summed E-state index contributed by atoms with van der Waals surface area (Å²) in [6.45, 7) is 6.82. The Labute approximate surface area is 148 Å². The highest BCUT2D eigenvalue weighted by Gasteiger charge is 2.17. The molecule has 136 valence electrons. The van der Waals surface area contributed by atoms with E-state index in [2.05, 4.69) is 55.5 Å². The Bertz CT molecular complexity index is 405. The summed E-state index contributed by atoms with van der Waals surface area (Å²) in [4.78, 5) is 11.6. The molecule has 1 unspecified atom stereocenters. The van der Waals surface area contributed by atoms with Crippen molar-refractivity contribution in [1.29, 1.82) is 0 Å². The van der Waals surface area contributed by atoms with Crippen LogP contribution in [0.2, 0.25) is 0 Å². The fourth-order valence-corrected chi connectivity index (χ4v) is 1.96. The van der Waals surface area contributed by atoms with Crippen molar-refractivity contribution in [3.8, 4) is 0 Å². The molecule has 0 N–H and O–H groups in total. The van der Waals surface area contributed by atoms with Gasteiger partial charge in [-0.1, -0.05) is 62.5 Å². The minimum atomic E-state index is -0.433. The molecule has 3 nitrogen and oxygen atoms in total. The largest absolute Gasteiger partial charge is 0.464 e. The van der Waals surface area contributed by atoms with E-state index in [4.69, 9.17) is 9.47 Å². The summed E-state index contributed by atoms with van der Waals surface area (Å²) in [5.74, 6) is -0.259. The van der Waals surface area contributed by atoms with Crippen molar-refractivity contribution in [2.24, 2.45) is 0 Å². The number of carbonyl (C=O) groups is 1. The second-order valence-electron chi connectivity index (χ2n) is 5.31. The van der Waals surface area contributed by atoms with Gasteiger partial charge in [-0.05, 0) is 45.4 Å². The van der Waals surface area contributed by atoms with Crippen molar-refractivity contribution in [2.75, 3.05) is 13.2 Å². The average Bonchev–Trinajstić information content (AvgIpc) is 2.58. The Morgan fingerprint density at radius 2 is 1.38 bits per heavy atom. The normalized spacial score (nSPS) is 13.6. The maximum atomic E-state index is 11.6. The van der Waals surface area contributed by atoms with Gasteiger partial charge in [-0.3, -0.25) is 0 Å². The topological polar surface area (TPSA) is 35.5 Å². The van der Waals surface area contributed by atoms with Crippen LogP contribution in [0.15, 0.2) is 48.6 Å². The summed E-state index contributed by atoms with van der Waals surface area (Å²) < 4.78 is 10.5. The van der Waals surface area contributed by atoms with Gasteiger partial charge in [0.05, 0.1) is 13.2 Å². The van der Waals surface area contributed by atoms with E-state index in [9.17, 15) is 4.79 Å². The second kappa shape index (κ2) is 17.7. The zero-order valence-corrected chi connectivity index (χ0v) is 15.6. The van der Waals surface area contributed by atoms with E-state index < -0.39 is 6.10 Å². The van der Waals surface area contributed by atoms with Crippen LogP contribution in [-0.2, 0) is 14.3 Å². The Kier molecular flexibility index (Phi) is 16.5. The summed E-state index contributed by atoms with van der Waals surface area (Å²) >= 11 is 0. The second-order valence-corrected chi connectivity index (χ2v) is 5.31. The van der Waals surface area contributed by atoms with Gasteiger partial charge in [0, 0.05) is 0 Å². The molecule has 3 heteroatoms. The molecular formula is C21H34O3. The van der Waals surface area contributed by atoms with Gasteiger partial charge in [-0.15, -0.1) is 0 Å². The van der Waals surface area contributed by atoms with Gasteiger partial charge in [0.15, 0.2) is 6.10 Å². The molecule has 0 fully saturated rings. The molecule has 0 bridgehead atoms. The van der Waals surface area contributed by atoms with Crippen molar-refractivity contribution in [1.82, 2.24) is 0 Å². The van der Waals surface area contributed by atoms with Crippen LogP contribution >= 0.6 is 0 Å². The van der Waals surface area contributed by atoms with Crippen molar-refractivity contribution >= 4 is 5.97 Å². The molecule has 0 amide bonds. The minimum Gasteiger partial charge on any atom is -0.464 e. The van der Waals surface area contributed by atoms with Gasteiger partial charge >= 0.3 is 5.97 Å². The van der Waals surface area contributed by atoms with Crippen LogP contribution in [0.1, 0.15) is 59.3 Å². The molecular weight excluding hydrogens is 300 g/mol. The molecule has 0 aromatic heterocycles. The highest BCUT2D eigenvalue weighted by molar-refractivity contribution is 5.74. The van der Waals surface area contributed by atoms with Crippen molar-refractivity contribution in [3.63, 3.8) is 0 Å². The smallest absolute Gasteiger partial charge is 0.335 e. The SMILES string of the molecule is CC/C=C\C/C=C\C/C=C\C/C=C\CCOC(CC)C(=O)OCC. The van der Waals surface area contributed by atoms with Crippen LogP contribution in [0.25, 0.3) is 0 Å². The molecule has 0 heterocycles. The Morgan fingerprint density at radius 1 is 0.833 bits per heavy atom. The molecule has 0 aliphatic rings. The molecule has 24 heavy (non-hydrogen) atoms. The fourth-order valence-electron chi connectivity index (χ4n) is 1.96. The number of carbonyl (C=O) groups excluding carboxylic acids is 1. The van der Waals surface area contributed by atoms with E-state index in [0.717, 1.165) is 32.1 Å². The van der Waals surface area contributed by atoms with Crippen LogP contribution in [0.5, 0.6) is 0 Å². The Balaban J connectivity index is 3.66. The molecule has 0 aromatic carbocycles. The lowest BCUT2D eigenvalue weighted by atomic mass is 10.2. The predicted octanol–water partition coefficient (Wildman–Crippen LogP) is 5.54. The summed E-state index contributed by atoms with van der Waals surface area (Å²) in [6.07, 6.45) is 22.4. The van der Waals surface area contributed by atoms with E-state index >= 15 is 0 Å². The maximum absolute atomic E-state index is 11.6. The van der Waals surface area contributed by atoms with Gasteiger partial charge in [-0.2, -0.15) is 0 Å². The number of rotatable bonds is 14. The fraction of sp³-hybridized carbons (Fsp3) is 0.571. The number of allylic oxidation sites excluding steroid dienone is 7. The first-order valence-corrected chi connectivity index (χ1v) is 9.14. The predicted molar refractivity (Wildman–Crippen MR) is 102 cm³/mol. The molecule has 0 spiro atoms. The van der Waals surface area contributed by atoms with Crippen molar-refractivity contribution < 1.29 is 14.3 Å². The highest BCUT2D eigenvalue weighted by Crippen LogP contribution is 2.03. The van der Waals surface area contributed by atoms with Gasteiger partial charge in [0.2, 0.25) is 0 Å². The third-order valence-electron chi connectivity index (χ3n) is 3.24. The number of hydrogen-bond acceptors (Lipinski definition) is 3. The number of ether oxygens (including phenoxy) is 2. The molecule has 0 aliphatic carbocycles. The van der Waals surface area contributed by atoms with Gasteiger partial charge in [0.25, 0.3) is 0 Å². The zero-order chi connectivity index (χ0) is 17.9. The lowest BCUT2D eigenvalue weighted by molar-refractivity contribution is -0.156. The molecule has 1 atom stereocenters. The van der Waals surface area contributed by atoms with E-state index in [1.165, 1.54) is 0 Å². The van der Waals surface area contributed by atoms with Gasteiger partial charge in [0.1, 0.15) is 0 Å². The summed E-state index contributed by atoms with van der Waals surface area (Å²) in [6, 6.07) is 0. The van der Waals surface area contributed by atoms with Crippen LogP contribution < -0.4 is 0 Å². The van der Waals surface area contributed by atoms with Gasteiger partial charge < -0.3 is 9.47 Å². The van der Waals surface area contributed by atoms with Gasteiger partial charge in [-0.25, -0.2) is 4.79 Å². The first-order chi connectivity index (χ1) is 11.8. The summed E-state index contributed by atoms with van der Waals surface area (Å²) in [7, 11) is 0.